The number of hydrogen-bond acceptors (Lipinski definition) is 6. The molecule has 0 radical (unpaired) electrons. The number of aliphatic hydroxyl groups is 1. The van der Waals surface area contributed by atoms with E-state index >= 15 is 0 Å². The Bertz CT molecular complexity index is 1500. The number of aliphatic hydroxyl groups excluding tert-OH is 1. The molecule has 1 aliphatic rings. The molecule has 7 heteroatoms. The summed E-state index contributed by atoms with van der Waals surface area (Å²) in [6.45, 7) is 0.161. The fourth-order valence-corrected chi connectivity index (χ4v) is 4.54. The average Bonchev–Trinajstić information content (AvgIpc) is 3.17. The number of Topliss-reactive ketones (excluding diaryl/α,β-unsaturated/α-hetero) is 1. The zero-order valence-electron chi connectivity index (χ0n) is 19.8. The van der Waals surface area contributed by atoms with Crippen molar-refractivity contribution < 1.29 is 24.2 Å². The molecule has 7 nitrogen and oxygen atoms in total. The summed E-state index contributed by atoms with van der Waals surface area (Å²) in [5.74, 6) is -0.344. The molecule has 3 aromatic carbocycles. The van der Waals surface area contributed by atoms with Crippen molar-refractivity contribution in [3.05, 3.63) is 107 Å². The van der Waals surface area contributed by atoms with Gasteiger partial charge in [0, 0.05) is 24.5 Å². The molecule has 1 unspecified atom stereocenters. The predicted molar refractivity (Wildman–Crippen MR) is 136 cm³/mol. The maximum atomic E-state index is 13.3. The molecule has 0 bridgehead atoms. The summed E-state index contributed by atoms with van der Waals surface area (Å²) in [5.41, 5.74) is 1.90. The Morgan fingerprint density at radius 3 is 2.42 bits per heavy atom. The Kier molecular flexibility index (Phi) is 6.12. The molecule has 1 saturated heterocycles. The van der Waals surface area contributed by atoms with Gasteiger partial charge in [-0.3, -0.25) is 14.6 Å². The molecule has 0 saturated carbocycles. The number of nitrogens with zero attached hydrogens (tertiary/aromatic N) is 2. The number of rotatable bonds is 6. The molecule has 0 spiro atoms. The Balaban J connectivity index is 1.65. The van der Waals surface area contributed by atoms with Crippen molar-refractivity contribution in [3.8, 4) is 11.5 Å². The zero-order chi connectivity index (χ0) is 25.2. The lowest BCUT2D eigenvalue weighted by Crippen LogP contribution is -2.29. The van der Waals surface area contributed by atoms with Gasteiger partial charge in [0.15, 0.2) is 0 Å². The molecular formula is C29H24N2O5. The minimum absolute atomic E-state index is 0.0324. The molecule has 1 atom stereocenters. The third-order valence-electron chi connectivity index (χ3n) is 6.35. The number of benzene rings is 3. The summed E-state index contributed by atoms with van der Waals surface area (Å²) in [4.78, 5) is 32.2. The predicted octanol–water partition coefficient (Wildman–Crippen LogP) is 4.87. The van der Waals surface area contributed by atoms with Crippen LogP contribution in [0.3, 0.4) is 0 Å². The van der Waals surface area contributed by atoms with Crippen LogP contribution in [0.4, 0.5) is 0 Å². The molecule has 1 amide bonds. The maximum absolute atomic E-state index is 13.3. The number of carbonyl (C=O) groups is 2. The number of methoxy groups -OCH3 is 2. The van der Waals surface area contributed by atoms with E-state index in [0.29, 0.717) is 16.9 Å². The van der Waals surface area contributed by atoms with Gasteiger partial charge < -0.3 is 19.5 Å². The highest BCUT2D eigenvalue weighted by Crippen LogP contribution is 2.41. The molecule has 36 heavy (non-hydrogen) atoms. The first kappa shape index (κ1) is 23.1. The van der Waals surface area contributed by atoms with Crippen molar-refractivity contribution in [2.45, 2.75) is 12.6 Å². The highest BCUT2D eigenvalue weighted by atomic mass is 16.5. The highest BCUT2D eigenvalue weighted by Gasteiger charge is 2.46. The van der Waals surface area contributed by atoms with Crippen molar-refractivity contribution in [2.24, 2.45) is 0 Å². The summed E-state index contributed by atoms with van der Waals surface area (Å²) in [6.07, 6.45) is 3.30. The van der Waals surface area contributed by atoms with Gasteiger partial charge in [0.1, 0.15) is 17.3 Å². The number of hydrogen-bond donors (Lipinski definition) is 1. The van der Waals surface area contributed by atoms with Crippen LogP contribution >= 0.6 is 0 Å². The summed E-state index contributed by atoms with van der Waals surface area (Å²) < 4.78 is 10.7. The van der Waals surface area contributed by atoms with Crippen molar-refractivity contribution >= 4 is 28.2 Å². The summed E-state index contributed by atoms with van der Waals surface area (Å²) in [7, 11) is 3.15. The molecule has 1 N–H and O–H groups in total. The second kappa shape index (κ2) is 9.54. The van der Waals surface area contributed by atoms with Crippen LogP contribution in [-0.2, 0) is 16.1 Å². The van der Waals surface area contributed by atoms with E-state index in [9.17, 15) is 14.7 Å². The van der Waals surface area contributed by atoms with Crippen LogP contribution < -0.4 is 9.47 Å². The first-order valence-corrected chi connectivity index (χ1v) is 11.4. The SMILES string of the molecule is COc1cccc(C2/C(=C(\O)c3ccc4cc(OC)ccc4c3)C(=O)C(=O)N2Cc2cccnc2)c1. The number of carbonyl (C=O) groups excluding carboxylic acids is 2. The second-order valence-electron chi connectivity index (χ2n) is 8.49. The Morgan fingerprint density at radius 1 is 0.917 bits per heavy atom. The number of pyridine rings is 1. The van der Waals surface area contributed by atoms with Gasteiger partial charge in [-0.2, -0.15) is 0 Å². The average molecular weight is 481 g/mol. The topological polar surface area (TPSA) is 89.0 Å². The lowest BCUT2D eigenvalue weighted by Gasteiger charge is -2.25. The number of amides is 1. The Labute approximate surface area is 208 Å². The van der Waals surface area contributed by atoms with Crippen LogP contribution in [0, 0.1) is 0 Å². The molecule has 1 fully saturated rings. The molecule has 2 heterocycles. The third kappa shape index (κ3) is 4.15. The van der Waals surface area contributed by atoms with E-state index in [1.54, 1.807) is 63.0 Å². The van der Waals surface area contributed by atoms with Crippen LogP contribution in [0.2, 0.25) is 0 Å². The van der Waals surface area contributed by atoms with Crippen LogP contribution in [0.5, 0.6) is 11.5 Å². The fraction of sp³-hybridized carbons (Fsp3) is 0.138. The van der Waals surface area contributed by atoms with Gasteiger partial charge in [-0.25, -0.2) is 0 Å². The van der Waals surface area contributed by atoms with Gasteiger partial charge in [-0.1, -0.05) is 36.4 Å². The Hall–Kier alpha value is -4.65. The van der Waals surface area contributed by atoms with Gasteiger partial charge >= 0.3 is 0 Å². The van der Waals surface area contributed by atoms with E-state index in [2.05, 4.69) is 4.98 Å². The van der Waals surface area contributed by atoms with Crippen molar-refractivity contribution in [1.82, 2.24) is 9.88 Å². The molecule has 0 aliphatic carbocycles. The monoisotopic (exact) mass is 480 g/mol. The summed E-state index contributed by atoms with van der Waals surface area (Å²) in [6, 6.07) is 20.9. The number of fused-ring (bicyclic) bond motifs is 1. The van der Waals surface area contributed by atoms with E-state index in [1.807, 2.05) is 36.4 Å². The maximum Gasteiger partial charge on any atom is 0.295 e. The van der Waals surface area contributed by atoms with Gasteiger partial charge in [0.2, 0.25) is 0 Å². The second-order valence-corrected chi connectivity index (χ2v) is 8.49. The van der Waals surface area contributed by atoms with Crippen molar-refractivity contribution in [2.75, 3.05) is 14.2 Å². The molecule has 5 rings (SSSR count). The van der Waals surface area contributed by atoms with Crippen LogP contribution in [0.1, 0.15) is 22.7 Å². The minimum atomic E-state index is -0.799. The zero-order valence-corrected chi connectivity index (χ0v) is 19.8. The number of ether oxygens (including phenoxy) is 2. The summed E-state index contributed by atoms with van der Waals surface area (Å²) in [5, 5.41) is 13.2. The fourth-order valence-electron chi connectivity index (χ4n) is 4.54. The largest absolute Gasteiger partial charge is 0.507 e. The van der Waals surface area contributed by atoms with Crippen LogP contribution in [0.25, 0.3) is 16.5 Å². The van der Waals surface area contributed by atoms with Gasteiger partial charge in [-0.15, -0.1) is 0 Å². The minimum Gasteiger partial charge on any atom is -0.507 e. The molecule has 1 aromatic heterocycles. The molecule has 180 valence electrons. The lowest BCUT2D eigenvalue weighted by atomic mass is 9.94. The third-order valence-corrected chi connectivity index (χ3v) is 6.35. The molecule has 1 aliphatic heterocycles. The first-order chi connectivity index (χ1) is 17.5. The number of aromatic nitrogens is 1. The van der Waals surface area contributed by atoms with Gasteiger partial charge in [-0.05, 0) is 58.3 Å². The van der Waals surface area contributed by atoms with E-state index in [-0.39, 0.29) is 17.9 Å². The van der Waals surface area contributed by atoms with E-state index in [0.717, 1.165) is 22.1 Å². The van der Waals surface area contributed by atoms with Crippen LogP contribution in [0.15, 0.2) is 90.8 Å². The van der Waals surface area contributed by atoms with Crippen molar-refractivity contribution in [1.29, 1.82) is 0 Å². The standard InChI is InChI=1S/C29H24N2O5/c1-35-23-7-3-6-21(15-23)26-25(28(33)29(34)31(26)17-18-5-4-12-30-16-18)27(32)22-9-8-20-14-24(36-2)11-10-19(20)13-22/h3-16,26,32H,17H2,1-2H3/b27-25+. The highest BCUT2D eigenvalue weighted by molar-refractivity contribution is 6.46. The van der Waals surface area contributed by atoms with E-state index in [4.69, 9.17) is 9.47 Å². The normalized spacial score (nSPS) is 16.9. The molecule has 4 aromatic rings. The summed E-state index contributed by atoms with van der Waals surface area (Å²) >= 11 is 0. The van der Waals surface area contributed by atoms with Crippen molar-refractivity contribution in [3.63, 3.8) is 0 Å². The first-order valence-electron chi connectivity index (χ1n) is 11.4. The van der Waals surface area contributed by atoms with E-state index < -0.39 is 17.7 Å². The quantitative estimate of drug-likeness (QED) is 0.241. The van der Waals surface area contributed by atoms with Gasteiger partial charge in [0.25, 0.3) is 11.7 Å². The Morgan fingerprint density at radius 2 is 1.67 bits per heavy atom. The lowest BCUT2D eigenvalue weighted by molar-refractivity contribution is -0.140. The number of likely N-dealkylation sites (tertiary alicyclic amines) is 1. The number of ketones is 1. The molecular weight excluding hydrogens is 456 g/mol. The van der Waals surface area contributed by atoms with E-state index in [1.165, 1.54) is 4.90 Å². The van der Waals surface area contributed by atoms with Crippen LogP contribution in [-0.4, -0.2) is 40.9 Å². The smallest absolute Gasteiger partial charge is 0.295 e. The van der Waals surface area contributed by atoms with Gasteiger partial charge in [0.05, 0.1) is 25.8 Å².